The number of benzene rings is 2. The third-order valence-electron chi connectivity index (χ3n) is 6.83. The first-order valence-electron chi connectivity index (χ1n) is 11.6. The van der Waals surface area contributed by atoms with Crippen molar-refractivity contribution in [3.63, 3.8) is 0 Å². The fourth-order valence-corrected chi connectivity index (χ4v) is 5.62. The molecular weight excluding hydrogens is 487 g/mol. The minimum atomic E-state index is -1.12. The Hall–Kier alpha value is -2.83. The van der Waals surface area contributed by atoms with E-state index in [0.717, 1.165) is 11.1 Å². The largest absolute Gasteiger partial charge is 0.481 e. The fourth-order valence-electron chi connectivity index (χ4n) is 5.30. The van der Waals surface area contributed by atoms with Crippen LogP contribution in [0.5, 0.6) is 0 Å². The molecule has 0 radical (unpaired) electrons. The molecule has 1 saturated heterocycles. The van der Waals surface area contributed by atoms with Crippen LogP contribution in [0.4, 0.5) is 0 Å². The maximum Gasteiger partial charge on any atom is 0.304 e. The molecule has 0 bridgehead atoms. The van der Waals surface area contributed by atoms with Gasteiger partial charge in [-0.15, -0.1) is 0 Å². The smallest absolute Gasteiger partial charge is 0.304 e. The van der Waals surface area contributed by atoms with Gasteiger partial charge in [-0.3, -0.25) is 9.59 Å². The van der Waals surface area contributed by atoms with E-state index in [1.807, 2.05) is 50.2 Å². The lowest BCUT2D eigenvalue weighted by molar-refractivity contribution is -0.161. The third-order valence-corrected chi connectivity index (χ3v) is 7.32. The summed E-state index contributed by atoms with van der Waals surface area (Å²) < 4.78 is 5.63. The van der Waals surface area contributed by atoms with Crippen LogP contribution in [0.15, 0.2) is 59.1 Å². The van der Waals surface area contributed by atoms with Crippen molar-refractivity contribution in [1.29, 1.82) is 0 Å². The molecule has 0 spiro atoms. The Morgan fingerprint density at radius 3 is 2.46 bits per heavy atom. The highest BCUT2D eigenvalue weighted by atomic mass is 35.5. The average molecular weight is 515 g/mol. The molecule has 35 heavy (non-hydrogen) atoms. The number of nitrogens with zero attached hydrogens (tertiary/aromatic N) is 2. The van der Waals surface area contributed by atoms with Crippen LogP contribution in [0.3, 0.4) is 0 Å². The second-order valence-corrected chi connectivity index (χ2v) is 10.4. The molecule has 1 fully saturated rings. The highest BCUT2D eigenvalue weighted by Gasteiger charge is 2.53. The van der Waals surface area contributed by atoms with Crippen LogP contribution < -0.4 is 0 Å². The number of aryl methyl sites for hydroxylation is 1. The quantitative estimate of drug-likeness (QED) is 0.367. The molecule has 2 heterocycles. The van der Waals surface area contributed by atoms with Crippen molar-refractivity contribution in [2.24, 2.45) is 5.41 Å². The van der Waals surface area contributed by atoms with E-state index in [-0.39, 0.29) is 18.2 Å². The molecule has 6 nitrogen and oxygen atoms in total. The van der Waals surface area contributed by atoms with E-state index in [1.165, 1.54) is 0 Å². The summed E-state index contributed by atoms with van der Waals surface area (Å²) in [6.45, 7) is 5.55. The zero-order valence-electron chi connectivity index (χ0n) is 19.9. The van der Waals surface area contributed by atoms with Gasteiger partial charge in [-0.25, -0.2) is 0 Å². The van der Waals surface area contributed by atoms with E-state index in [9.17, 15) is 14.7 Å². The Balaban J connectivity index is 1.95. The van der Waals surface area contributed by atoms with Crippen molar-refractivity contribution < 1.29 is 19.2 Å². The van der Waals surface area contributed by atoms with E-state index in [0.29, 0.717) is 34.3 Å². The van der Waals surface area contributed by atoms with Gasteiger partial charge < -0.3 is 14.5 Å². The number of rotatable bonds is 7. The molecule has 0 unspecified atom stereocenters. The molecule has 1 aliphatic rings. The normalized spacial score (nSPS) is 23.3. The Morgan fingerprint density at radius 1 is 1.17 bits per heavy atom. The standard InChI is InChI=1S/C27H28Cl2N2O4/c1-4-22(23-12-16(2)30-35-23)31-25(17-8-10-19(28)11-9-17)21(18-6-5-7-20(29)13-18)14-27(3,26(31)34)15-24(32)33/h5-13,21-22,25H,4,14-15H2,1-3H3,(H,32,33)/t21-,22-,25-,27+/m1/s1. The van der Waals surface area contributed by atoms with Crippen molar-refractivity contribution in [3.05, 3.63) is 87.2 Å². The van der Waals surface area contributed by atoms with Crippen LogP contribution >= 0.6 is 23.2 Å². The molecule has 0 aliphatic carbocycles. The van der Waals surface area contributed by atoms with Crippen LogP contribution in [0.1, 0.15) is 73.7 Å². The van der Waals surface area contributed by atoms with Gasteiger partial charge in [0.25, 0.3) is 0 Å². The molecular formula is C27H28Cl2N2O4. The van der Waals surface area contributed by atoms with Crippen LogP contribution in [-0.2, 0) is 9.59 Å². The summed E-state index contributed by atoms with van der Waals surface area (Å²) in [6.07, 6.45) is 0.641. The van der Waals surface area contributed by atoms with E-state index in [4.69, 9.17) is 27.7 Å². The number of hydrogen-bond donors (Lipinski definition) is 1. The van der Waals surface area contributed by atoms with Gasteiger partial charge in [0.15, 0.2) is 5.76 Å². The van der Waals surface area contributed by atoms with Gasteiger partial charge in [-0.05, 0) is 55.2 Å². The number of likely N-dealkylation sites (tertiary alicyclic amines) is 1. The predicted octanol–water partition coefficient (Wildman–Crippen LogP) is 6.98. The minimum Gasteiger partial charge on any atom is -0.481 e. The van der Waals surface area contributed by atoms with Crippen molar-refractivity contribution in [1.82, 2.24) is 10.1 Å². The SMILES string of the molecule is CC[C@H](c1cc(C)no1)N1C(=O)[C@](C)(CC(=O)O)C[C@H](c2cccc(Cl)c2)[C@H]1c1ccc(Cl)cc1. The fraction of sp³-hybridized carbons (Fsp3) is 0.370. The summed E-state index contributed by atoms with van der Waals surface area (Å²) in [5.74, 6) is -0.880. The van der Waals surface area contributed by atoms with Crippen LogP contribution in [0.2, 0.25) is 10.0 Å². The topological polar surface area (TPSA) is 83.6 Å². The molecule has 4 rings (SSSR count). The molecule has 0 saturated carbocycles. The Morgan fingerprint density at radius 2 is 1.89 bits per heavy atom. The Kier molecular flexibility index (Phi) is 7.25. The first-order valence-corrected chi connectivity index (χ1v) is 12.4. The highest BCUT2D eigenvalue weighted by Crippen LogP contribution is 2.54. The third kappa shape index (κ3) is 5.09. The lowest BCUT2D eigenvalue weighted by atomic mass is 9.67. The van der Waals surface area contributed by atoms with Crippen molar-refractivity contribution in [3.8, 4) is 0 Å². The van der Waals surface area contributed by atoms with E-state index >= 15 is 0 Å². The van der Waals surface area contributed by atoms with E-state index in [1.54, 1.807) is 30.0 Å². The second kappa shape index (κ2) is 10.0. The van der Waals surface area contributed by atoms with Gasteiger partial charge in [0, 0.05) is 22.0 Å². The zero-order valence-corrected chi connectivity index (χ0v) is 21.4. The molecule has 1 aliphatic heterocycles. The molecule has 1 N–H and O–H groups in total. The molecule has 184 valence electrons. The molecule has 1 aromatic heterocycles. The number of carbonyl (C=O) groups is 2. The number of carboxylic acid groups (broad SMARTS) is 1. The van der Waals surface area contributed by atoms with Gasteiger partial charge in [-0.1, -0.05) is 66.5 Å². The van der Waals surface area contributed by atoms with Crippen LogP contribution in [-0.4, -0.2) is 27.0 Å². The highest BCUT2D eigenvalue weighted by molar-refractivity contribution is 6.30. The summed E-state index contributed by atoms with van der Waals surface area (Å²) in [5.41, 5.74) is 1.44. The molecule has 8 heteroatoms. The summed E-state index contributed by atoms with van der Waals surface area (Å²) in [7, 11) is 0. The van der Waals surface area contributed by atoms with Gasteiger partial charge in [-0.2, -0.15) is 0 Å². The number of amides is 1. The average Bonchev–Trinajstić information content (AvgIpc) is 3.23. The lowest BCUT2D eigenvalue weighted by Crippen LogP contribution is -2.53. The first kappa shape index (κ1) is 25.3. The first-order chi connectivity index (χ1) is 16.6. The predicted molar refractivity (Wildman–Crippen MR) is 134 cm³/mol. The number of carboxylic acids is 1. The number of aromatic nitrogens is 1. The van der Waals surface area contributed by atoms with Crippen LogP contribution in [0.25, 0.3) is 0 Å². The van der Waals surface area contributed by atoms with Gasteiger partial charge in [0.1, 0.15) is 0 Å². The Labute approximate surface area is 214 Å². The number of halogens is 2. The Bertz CT molecular complexity index is 1230. The van der Waals surface area contributed by atoms with Crippen molar-refractivity contribution in [2.45, 2.75) is 58.0 Å². The van der Waals surface area contributed by atoms with Crippen LogP contribution in [0, 0.1) is 12.3 Å². The monoisotopic (exact) mass is 514 g/mol. The van der Waals surface area contributed by atoms with E-state index in [2.05, 4.69) is 5.16 Å². The zero-order chi connectivity index (χ0) is 25.3. The number of hydrogen-bond acceptors (Lipinski definition) is 4. The summed E-state index contributed by atoms with van der Waals surface area (Å²) in [4.78, 5) is 27.9. The van der Waals surface area contributed by atoms with Gasteiger partial charge in [0.2, 0.25) is 5.91 Å². The number of aliphatic carboxylic acids is 1. The number of carbonyl (C=O) groups excluding carboxylic acids is 1. The molecule has 1 amide bonds. The number of piperidine rings is 1. The van der Waals surface area contributed by atoms with Crippen molar-refractivity contribution >= 4 is 35.1 Å². The second-order valence-electron chi connectivity index (χ2n) is 9.50. The summed E-state index contributed by atoms with van der Waals surface area (Å²) in [5, 5.41) is 15.0. The molecule has 4 atom stereocenters. The minimum absolute atomic E-state index is 0.213. The van der Waals surface area contributed by atoms with Gasteiger partial charge in [0.05, 0.1) is 29.6 Å². The van der Waals surface area contributed by atoms with Crippen molar-refractivity contribution in [2.75, 3.05) is 0 Å². The van der Waals surface area contributed by atoms with E-state index < -0.39 is 23.5 Å². The summed E-state index contributed by atoms with van der Waals surface area (Å²) in [6, 6.07) is 16.0. The maximum absolute atomic E-state index is 14.2. The van der Waals surface area contributed by atoms with Gasteiger partial charge >= 0.3 is 5.97 Å². The summed E-state index contributed by atoms with van der Waals surface area (Å²) >= 11 is 12.6. The molecule has 3 aromatic rings. The maximum atomic E-state index is 14.2. The lowest BCUT2D eigenvalue weighted by Gasteiger charge is -2.51. The molecule has 2 aromatic carbocycles.